The number of benzene rings is 2. The molecule has 2 aromatic carbocycles. The van der Waals surface area contributed by atoms with Crippen molar-refractivity contribution in [2.75, 3.05) is 13.7 Å². The topological polar surface area (TPSA) is 79.2 Å². The van der Waals surface area contributed by atoms with Crippen LogP contribution in [-0.4, -0.2) is 40.7 Å². The zero-order valence-electron chi connectivity index (χ0n) is 16.5. The van der Waals surface area contributed by atoms with Crippen LogP contribution >= 0.6 is 11.8 Å². The zero-order valence-corrected chi connectivity index (χ0v) is 17.3. The molecular weight excluding hydrogens is 388 g/mol. The Morgan fingerprint density at radius 1 is 1.24 bits per heavy atom. The Balaban J connectivity index is 1.79. The standard InChI is InChI=1S/C22H22N2O4S/c1-14(2)13-28-18-6-4-5-15(11-18)12-19-20(25)24(3)22(29-19)23-17-9-7-16(8-10-17)21(26)27/h4-12,14H,13H2,1-3H3,(H,26,27)/b19-12+,23-22?. The van der Waals surface area contributed by atoms with Gasteiger partial charge in [-0.05, 0) is 65.7 Å². The number of nitrogens with zero attached hydrogens (tertiary/aromatic N) is 2. The average Bonchev–Trinajstić information content (AvgIpc) is 2.95. The Bertz CT molecular complexity index is 981. The number of thioether (sulfide) groups is 1. The fourth-order valence-corrected chi connectivity index (χ4v) is 3.54. The summed E-state index contributed by atoms with van der Waals surface area (Å²) in [6.07, 6.45) is 1.82. The third kappa shape index (κ3) is 5.26. The van der Waals surface area contributed by atoms with Gasteiger partial charge in [0.05, 0.1) is 22.8 Å². The van der Waals surface area contributed by atoms with Crippen molar-refractivity contribution in [2.24, 2.45) is 10.9 Å². The van der Waals surface area contributed by atoms with Crippen molar-refractivity contribution in [1.82, 2.24) is 4.90 Å². The highest BCUT2D eigenvalue weighted by atomic mass is 32.2. The maximum absolute atomic E-state index is 12.6. The van der Waals surface area contributed by atoms with Crippen LogP contribution in [0.25, 0.3) is 6.08 Å². The Morgan fingerprint density at radius 2 is 1.97 bits per heavy atom. The van der Waals surface area contributed by atoms with Gasteiger partial charge < -0.3 is 9.84 Å². The third-order valence-corrected chi connectivity index (χ3v) is 5.14. The Hall–Kier alpha value is -3.06. The van der Waals surface area contributed by atoms with Gasteiger partial charge in [0.2, 0.25) is 0 Å². The van der Waals surface area contributed by atoms with Gasteiger partial charge in [0.1, 0.15) is 5.75 Å². The van der Waals surface area contributed by atoms with E-state index < -0.39 is 5.97 Å². The van der Waals surface area contributed by atoms with Crippen LogP contribution in [0.3, 0.4) is 0 Å². The predicted molar refractivity (Wildman–Crippen MR) is 116 cm³/mol. The molecule has 0 aromatic heterocycles. The first-order valence-corrected chi connectivity index (χ1v) is 9.97. The first-order chi connectivity index (χ1) is 13.8. The molecule has 1 aliphatic heterocycles. The van der Waals surface area contributed by atoms with E-state index in [0.29, 0.717) is 28.3 Å². The lowest BCUT2D eigenvalue weighted by Crippen LogP contribution is -2.23. The first kappa shape index (κ1) is 20.7. The Kier molecular flexibility index (Phi) is 6.39. The number of carbonyl (C=O) groups excluding carboxylic acids is 1. The van der Waals surface area contributed by atoms with E-state index in [4.69, 9.17) is 9.84 Å². The molecule has 6 nitrogen and oxygen atoms in total. The van der Waals surface area contributed by atoms with E-state index in [1.807, 2.05) is 30.3 Å². The Morgan fingerprint density at radius 3 is 2.62 bits per heavy atom. The second kappa shape index (κ2) is 8.96. The van der Waals surface area contributed by atoms with Gasteiger partial charge in [-0.15, -0.1) is 0 Å². The maximum atomic E-state index is 12.6. The number of hydrogen-bond acceptors (Lipinski definition) is 5. The fourth-order valence-electron chi connectivity index (χ4n) is 2.55. The smallest absolute Gasteiger partial charge is 0.335 e. The normalized spacial score (nSPS) is 16.8. The number of likely N-dealkylation sites (N-methyl/N-ethyl adjacent to an activating group) is 1. The largest absolute Gasteiger partial charge is 0.493 e. The van der Waals surface area contributed by atoms with E-state index in [9.17, 15) is 9.59 Å². The summed E-state index contributed by atoms with van der Waals surface area (Å²) >= 11 is 1.28. The van der Waals surface area contributed by atoms with E-state index in [2.05, 4.69) is 18.8 Å². The van der Waals surface area contributed by atoms with Crippen molar-refractivity contribution in [3.05, 3.63) is 64.6 Å². The van der Waals surface area contributed by atoms with Crippen molar-refractivity contribution in [3.8, 4) is 5.75 Å². The molecule has 29 heavy (non-hydrogen) atoms. The highest BCUT2D eigenvalue weighted by Crippen LogP contribution is 2.33. The highest BCUT2D eigenvalue weighted by molar-refractivity contribution is 8.18. The lowest BCUT2D eigenvalue weighted by atomic mass is 10.2. The highest BCUT2D eigenvalue weighted by Gasteiger charge is 2.30. The molecule has 0 radical (unpaired) electrons. The van der Waals surface area contributed by atoms with Crippen molar-refractivity contribution in [3.63, 3.8) is 0 Å². The second-order valence-corrected chi connectivity index (χ2v) is 8.01. The summed E-state index contributed by atoms with van der Waals surface area (Å²) in [5, 5.41) is 9.52. The molecule has 1 aliphatic rings. The zero-order chi connectivity index (χ0) is 21.0. The number of aliphatic imine (C=N–C) groups is 1. The fraction of sp³-hybridized carbons (Fsp3) is 0.227. The molecule has 1 fully saturated rings. The molecule has 0 saturated carbocycles. The molecule has 0 aliphatic carbocycles. The minimum atomic E-state index is -0.989. The van der Waals surface area contributed by atoms with Crippen molar-refractivity contribution in [1.29, 1.82) is 0 Å². The van der Waals surface area contributed by atoms with Gasteiger partial charge in [0.15, 0.2) is 5.17 Å². The number of carboxylic acids is 1. The Labute approximate surface area is 173 Å². The molecule has 1 saturated heterocycles. The molecule has 3 rings (SSSR count). The van der Waals surface area contributed by atoms with Crippen molar-refractivity contribution >= 4 is 40.6 Å². The van der Waals surface area contributed by atoms with E-state index in [-0.39, 0.29) is 11.5 Å². The number of carbonyl (C=O) groups is 2. The summed E-state index contributed by atoms with van der Waals surface area (Å²) in [5.41, 5.74) is 1.66. The van der Waals surface area contributed by atoms with Gasteiger partial charge in [-0.1, -0.05) is 26.0 Å². The van der Waals surface area contributed by atoms with Crippen LogP contribution < -0.4 is 4.74 Å². The van der Waals surface area contributed by atoms with Crippen LogP contribution in [0.1, 0.15) is 29.8 Å². The number of rotatable bonds is 6. The van der Waals surface area contributed by atoms with Crippen molar-refractivity contribution < 1.29 is 19.4 Å². The molecule has 1 heterocycles. The van der Waals surface area contributed by atoms with E-state index in [1.165, 1.54) is 28.8 Å². The number of ether oxygens (including phenoxy) is 1. The van der Waals surface area contributed by atoms with E-state index >= 15 is 0 Å². The van der Waals surface area contributed by atoms with Crippen LogP contribution in [0.15, 0.2) is 58.4 Å². The number of amidine groups is 1. The lowest BCUT2D eigenvalue weighted by Gasteiger charge is -2.09. The maximum Gasteiger partial charge on any atom is 0.335 e. The second-order valence-electron chi connectivity index (χ2n) is 7.00. The molecule has 0 bridgehead atoms. The van der Waals surface area contributed by atoms with Crippen LogP contribution in [-0.2, 0) is 4.79 Å². The monoisotopic (exact) mass is 410 g/mol. The molecule has 1 N–H and O–H groups in total. The predicted octanol–water partition coefficient (Wildman–Crippen LogP) is 4.65. The first-order valence-electron chi connectivity index (χ1n) is 9.16. The van der Waals surface area contributed by atoms with Gasteiger partial charge in [0.25, 0.3) is 5.91 Å². The van der Waals surface area contributed by atoms with Gasteiger partial charge >= 0.3 is 5.97 Å². The molecular formula is C22H22N2O4S. The van der Waals surface area contributed by atoms with Crippen molar-refractivity contribution in [2.45, 2.75) is 13.8 Å². The van der Waals surface area contributed by atoms with Gasteiger partial charge in [-0.25, -0.2) is 9.79 Å². The summed E-state index contributed by atoms with van der Waals surface area (Å²) in [6.45, 7) is 4.81. The summed E-state index contributed by atoms with van der Waals surface area (Å²) in [7, 11) is 1.67. The van der Waals surface area contributed by atoms with E-state index in [0.717, 1.165) is 11.3 Å². The van der Waals surface area contributed by atoms with Crippen LogP contribution in [0.4, 0.5) is 5.69 Å². The van der Waals surface area contributed by atoms with Gasteiger partial charge in [-0.3, -0.25) is 9.69 Å². The molecule has 7 heteroatoms. The average molecular weight is 410 g/mol. The quantitative estimate of drug-likeness (QED) is 0.701. The number of carboxylic acid groups (broad SMARTS) is 1. The van der Waals surface area contributed by atoms with Crippen LogP contribution in [0.2, 0.25) is 0 Å². The van der Waals surface area contributed by atoms with Gasteiger partial charge in [0, 0.05) is 7.05 Å². The number of amides is 1. The van der Waals surface area contributed by atoms with Crippen LogP contribution in [0.5, 0.6) is 5.75 Å². The van der Waals surface area contributed by atoms with Crippen LogP contribution in [0, 0.1) is 5.92 Å². The molecule has 150 valence electrons. The van der Waals surface area contributed by atoms with Gasteiger partial charge in [-0.2, -0.15) is 0 Å². The van der Waals surface area contributed by atoms with E-state index in [1.54, 1.807) is 19.2 Å². The number of hydrogen-bond donors (Lipinski definition) is 1. The summed E-state index contributed by atoms with van der Waals surface area (Å²) in [6, 6.07) is 13.8. The molecule has 1 amide bonds. The molecule has 2 aromatic rings. The molecule has 0 spiro atoms. The SMILES string of the molecule is CC(C)COc1cccc(/C=C2/SC(=Nc3ccc(C(=O)O)cc3)N(C)C2=O)c1. The summed E-state index contributed by atoms with van der Waals surface area (Å²) < 4.78 is 5.75. The third-order valence-electron chi connectivity index (χ3n) is 4.08. The summed E-state index contributed by atoms with van der Waals surface area (Å²) in [5.74, 6) is 0.0752. The minimum absolute atomic E-state index is 0.135. The minimum Gasteiger partial charge on any atom is -0.493 e. The lowest BCUT2D eigenvalue weighted by molar-refractivity contribution is -0.121. The molecule has 0 atom stereocenters. The summed E-state index contributed by atoms with van der Waals surface area (Å²) in [4.78, 5) is 30.1. The number of aromatic carboxylic acids is 1. The molecule has 0 unspecified atom stereocenters.